The lowest BCUT2D eigenvalue weighted by Crippen LogP contribution is -2.45. The number of rotatable bonds is 5. The lowest BCUT2D eigenvalue weighted by atomic mass is 9.99. The van der Waals surface area contributed by atoms with Crippen molar-refractivity contribution in [1.82, 2.24) is 4.90 Å². The van der Waals surface area contributed by atoms with Gasteiger partial charge in [-0.15, -0.1) is 0 Å². The van der Waals surface area contributed by atoms with E-state index in [1.165, 1.54) is 7.11 Å². The Kier molecular flexibility index (Phi) is 6.63. The number of carbonyl (C=O) groups is 2. The van der Waals surface area contributed by atoms with Crippen molar-refractivity contribution in [2.24, 2.45) is 0 Å². The van der Waals surface area contributed by atoms with Crippen LogP contribution in [0.25, 0.3) is 0 Å². The van der Waals surface area contributed by atoms with Crippen molar-refractivity contribution in [3.05, 3.63) is 27.8 Å². The highest BCUT2D eigenvalue weighted by Gasteiger charge is 2.26. The molecule has 1 atom stereocenters. The highest BCUT2D eigenvalue weighted by molar-refractivity contribution is 14.1. The number of piperidine rings is 1. The number of hydrogen-bond acceptors (Lipinski definition) is 4. The molecule has 2 rings (SSSR count). The number of anilines is 1. The number of carbonyl (C=O) groups excluding carboxylic acids is 2. The van der Waals surface area contributed by atoms with Crippen molar-refractivity contribution < 1.29 is 14.3 Å². The number of hydrogen-bond donors (Lipinski definition) is 1. The molecule has 1 aliphatic rings. The summed E-state index contributed by atoms with van der Waals surface area (Å²) in [6.45, 7) is 1.16. The summed E-state index contributed by atoms with van der Waals surface area (Å²) < 4.78 is 5.88. The Balaban J connectivity index is 1.90. The Morgan fingerprint density at radius 1 is 1.32 bits per heavy atom. The largest absolute Gasteiger partial charge is 0.469 e. The summed E-state index contributed by atoms with van der Waals surface area (Å²) in [6.07, 6.45) is 3.45. The van der Waals surface area contributed by atoms with E-state index in [0.717, 1.165) is 35.1 Å². The van der Waals surface area contributed by atoms with Crippen LogP contribution in [0.5, 0.6) is 0 Å². The van der Waals surface area contributed by atoms with Gasteiger partial charge in [-0.05, 0) is 66.2 Å². The lowest BCUT2D eigenvalue weighted by molar-refractivity contribution is -0.142. The van der Waals surface area contributed by atoms with E-state index in [1.807, 2.05) is 24.3 Å². The molecular weight excluding hydrogens is 395 g/mol. The molecular formula is C16H21IN2O3. The summed E-state index contributed by atoms with van der Waals surface area (Å²) >= 11 is 2.23. The predicted molar refractivity (Wildman–Crippen MR) is 93.6 cm³/mol. The molecule has 5 nitrogen and oxygen atoms in total. The summed E-state index contributed by atoms with van der Waals surface area (Å²) in [4.78, 5) is 25.8. The number of nitrogens with one attached hydrogen (secondary N) is 1. The SMILES string of the molecule is COC(=O)CC1CCCCN1CC(=O)Nc1ccc(I)cc1. The summed E-state index contributed by atoms with van der Waals surface area (Å²) in [5.74, 6) is -0.257. The maximum atomic E-state index is 12.2. The van der Waals surface area contributed by atoms with Crippen LogP contribution in [0.3, 0.4) is 0 Å². The first-order valence-corrected chi connectivity index (χ1v) is 8.52. The third-order valence-corrected chi connectivity index (χ3v) is 4.57. The Hall–Kier alpha value is -1.15. The number of esters is 1. The fourth-order valence-electron chi connectivity index (χ4n) is 2.69. The second-order valence-corrected chi connectivity index (χ2v) is 6.70. The van der Waals surface area contributed by atoms with E-state index in [9.17, 15) is 9.59 Å². The van der Waals surface area contributed by atoms with Gasteiger partial charge in [0.2, 0.25) is 5.91 Å². The van der Waals surface area contributed by atoms with Gasteiger partial charge in [0.05, 0.1) is 20.1 Å². The number of ether oxygens (including phenoxy) is 1. The number of benzene rings is 1. The van der Waals surface area contributed by atoms with E-state index < -0.39 is 0 Å². The van der Waals surface area contributed by atoms with Crippen LogP contribution in [0.4, 0.5) is 5.69 Å². The fourth-order valence-corrected chi connectivity index (χ4v) is 3.05. The predicted octanol–water partition coefficient (Wildman–Crippen LogP) is 2.65. The van der Waals surface area contributed by atoms with Gasteiger partial charge in [0, 0.05) is 15.3 Å². The molecule has 1 fully saturated rings. The second-order valence-electron chi connectivity index (χ2n) is 5.46. The van der Waals surface area contributed by atoms with Gasteiger partial charge in [0.1, 0.15) is 0 Å². The number of likely N-dealkylation sites (tertiary alicyclic amines) is 1. The van der Waals surface area contributed by atoms with Gasteiger partial charge < -0.3 is 10.1 Å². The van der Waals surface area contributed by atoms with Crippen LogP contribution in [-0.2, 0) is 14.3 Å². The molecule has 0 aromatic heterocycles. The molecule has 1 amide bonds. The third-order valence-electron chi connectivity index (χ3n) is 3.85. The molecule has 0 saturated carbocycles. The molecule has 1 aromatic carbocycles. The molecule has 6 heteroatoms. The first kappa shape index (κ1) is 17.2. The monoisotopic (exact) mass is 416 g/mol. The molecule has 1 aliphatic heterocycles. The number of amides is 1. The van der Waals surface area contributed by atoms with Gasteiger partial charge in [-0.3, -0.25) is 14.5 Å². The lowest BCUT2D eigenvalue weighted by Gasteiger charge is -2.34. The smallest absolute Gasteiger partial charge is 0.307 e. The summed E-state index contributed by atoms with van der Waals surface area (Å²) in [5.41, 5.74) is 0.798. The van der Waals surface area contributed by atoms with E-state index in [-0.39, 0.29) is 17.9 Å². The van der Waals surface area contributed by atoms with Gasteiger partial charge >= 0.3 is 5.97 Å². The molecule has 0 bridgehead atoms. The minimum atomic E-state index is -0.213. The highest BCUT2D eigenvalue weighted by atomic mass is 127. The molecule has 1 aromatic rings. The molecule has 1 saturated heterocycles. The Bertz CT molecular complexity index is 519. The Morgan fingerprint density at radius 2 is 2.05 bits per heavy atom. The van der Waals surface area contributed by atoms with Crippen molar-refractivity contribution in [2.75, 3.05) is 25.5 Å². The summed E-state index contributed by atoms with van der Waals surface area (Å²) in [5, 5.41) is 2.90. The zero-order valence-corrected chi connectivity index (χ0v) is 14.8. The van der Waals surface area contributed by atoms with Gasteiger partial charge in [-0.2, -0.15) is 0 Å². The zero-order valence-electron chi connectivity index (χ0n) is 12.7. The average molecular weight is 416 g/mol. The van der Waals surface area contributed by atoms with Crippen LogP contribution in [0, 0.1) is 3.57 Å². The van der Waals surface area contributed by atoms with E-state index in [4.69, 9.17) is 4.74 Å². The molecule has 0 radical (unpaired) electrons. The van der Waals surface area contributed by atoms with Crippen LogP contribution >= 0.6 is 22.6 Å². The second kappa shape index (κ2) is 8.47. The standard InChI is InChI=1S/C16H21IN2O3/c1-22-16(21)10-14-4-2-3-9-19(14)11-15(20)18-13-7-5-12(17)6-8-13/h5-8,14H,2-4,9-11H2,1H3,(H,18,20). The molecule has 0 aliphatic carbocycles. The zero-order chi connectivity index (χ0) is 15.9. The molecule has 1 heterocycles. The normalized spacial score (nSPS) is 18.7. The molecule has 1 N–H and O–H groups in total. The first-order chi connectivity index (χ1) is 10.6. The Morgan fingerprint density at radius 3 is 2.73 bits per heavy atom. The van der Waals surface area contributed by atoms with E-state index >= 15 is 0 Å². The number of halogens is 1. The minimum Gasteiger partial charge on any atom is -0.469 e. The maximum absolute atomic E-state index is 12.2. The quantitative estimate of drug-likeness (QED) is 0.593. The van der Waals surface area contributed by atoms with Crippen molar-refractivity contribution >= 4 is 40.2 Å². The van der Waals surface area contributed by atoms with Crippen LogP contribution in [0.15, 0.2) is 24.3 Å². The van der Waals surface area contributed by atoms with E-state index in [0.29, 0.717) is 13.0 Å². The van der Waals surface area contributed by atoms with Crippen molar-refractivity contribution in [3.8, 4) is 0 Å². The van der Waals surface area contributed by atoms with Crippen LogP contribution < -0.4 is 5.32 Å². The molecule has 120 valence electrons. The number of nitrogens with zero attached hydrogens (tertiary/aromatic N) is 1. The van der Waals surface area contributed by atoms with Gasteiger partial charge in [-0.1, -0.05) is 6.42 Å². The first-order valence-electron chi connectivity index (χ1n) is 7.45. The fraction of sp³-hybridized carbons (Fsp3) is 0.500. The van der Waals surface area contributed by atoms with Crippen LogP contribution in [0.2, 0.25) is 0 Å². The van der Waals surface area contributed by atoms with Crippen LogP contribution in [0.1, 0.15) is 25.7 Å². The van der Waals surface area contributed by atoms with Crippen molar-refractivity contribution in [3.63, 3.8) is 0 Å². The minimum absolute atomic E-state index is 0.0435. The topological polar surface area (TPSA) is 58.6 Å². The molecule has 0 spiro atoms. The highest BCUT2D eigenvalue weighted by Crippen LogP contribution is 2.20. The summed E-state index contributed by atoms with van der Waals surface area (Å²) in [6, 6.07) is 7.79. The van der Waals surface area contributed by atoms with Crippen molar-refractivity contribution in [1.29, 1.82) is 0 Å². The molecule has 1 unspecified atom stereocenters. The summed E-state index contributed by atoms with van der Waals surface area (Å²) in [7, 11) is 1.40. The van der Waals surface area contributed by atoms with Gasteiger partial charge in [-0.25, -0.2) is 0 Å². The maximum Gasteiger partial charge on any atom is 0.307 e. The van der Waals surface area contributed by atoms with E-state index in [2.05, 4.69) is 32.8 Å². The van der Waals surface area contributed by atoms with Crippen molar-refractivity contribution in [2.45, 2.75) is 31.7 Å². The average Bonchev–Trinajstić information content (AvgIpc) is 2.51. The number of methoxy groups -OCH3 is 1. The molecule has 22 heavy (non-hydrogen) atoms. The van der Waals surface area contributed by atoms with Gasteiger partial charge in [0.15, 0.2) is 0 Å². The van der Waals surface area contributed by atoms with E-state index in [1.54, 1.807) is 0 Å². The van der Waals surface area contributed by atoms with Gasteiger partial charge in [0.25, 0.3) is 0 Å². The Labute approximate surface area is 144 Å². The third kappa shape index (κ3) is 5.24. The van der Waals surface area contributed by atoms with Crippen LogP contribution in [-0.4, -0.2) is 43.0 Å².